The van der Waals surface area contributed by atoms with Gasteiger partial charge in [-0.05, 0) is 17.9 Å². The van der Waals surface area contributed by atoms with E-state index in [4.69, 9.17) is 0 Å². The number of hydrogen-bond donors (Lipinski definition) is 3. The molecule has 2 unspecified atom stereocenters. The van der Waals surface area contributed by atoms with Crippen molar-refractivity contribution in [2.75, 3.05) is 11.9 Å². The first-order valence-corrected chi connectivity index (χ1v) is 10.3. The smallest absolute Gasteiger partial charge is 0.271 e. The van der Waals surface area contributed by atoms with E-state index in [0.29, 0.717) is 11.6 Å². The van der Waals surface area contributed by atoms with Crippen molar-refractivity contribution in [1.29, 1.82) is 0 Å². The fourth-order valence-electron chi connectivity index (χ4n) is 2.67. The van der Waals surface area contributed by atoms with E-state index in [1.54, 1.807) is 28.5 Å². The predicted molar refractivity (Wildman–Crippen MR) is 112 cm³/mol. The van der Waals surface area contributed by atoms with Gasteiger partial charge in [-0.1, -0.05) is 27.7 Å². The van der Waals surface area contributed by atoms with E-state index in [9.17, 15) is 14.4 Å². The van der Waals surface area contributed by atoms with Crippen LogP contribution in [0.3, 0.4) is 0 Å². The largest absolute Gasteiger partial charge is 0.352 e. The van der Waals surface area contributed by atoms with Crippen LogP contribution in [0.2, 0.25) is 0 Å². The third-order valence-corrected chi connectivity index (χ3v) is 5.14. The first-order chi connectivity index (χ1) is 13.6. The molecule has 3 N–H and O–H groups in total. The van der Waals surface area contributed by atoms with Gasteiger partial charge in [-0.15, -0.1) is 11.3 Å². The molecule has 0 saturated carbocycles. The van der Waals surface area contributed by atoms with Crippen molar-refractivity contribution in [3.05, 3.63) is 29.5 Å². The lowest BCUT2D eigenvalue weighted by Gasteiger charge is -2.32. The minimum absolute atomic E-state index is 0.152. The maximum atomic E-state index is 12.6. The first-order valence-electron chi connectivity index (χ1n) is 9.42. The van der Waals surface area contributed by atoms with Crippen molar-refractivity contribution in [2.24, 2.45) is 5.41 Å². The summed E-state index contributed by atoms with van der Waals surface area (Å²) in [6.07, 6.45) is 3.99. The molecule has 158 valence electrons. The molecule has 0 radical (unpaired) electrons. The topological polar surface area (TPSA) is 118 Å². The van der Waals surface area contributed by atoms with Gasteiger partial charge in [-0.3, -0.25) is 19.1 Å². The predicted octanol–water partition coefficient (Wildman–Crippen LogP) is 2.21. The van der Waals surface area contributed by atoms with Gasteiger partial charge in [0.2, 0.25) is 11.8 Å². The van der Waals surface area contributed by atoms with Gasteiger partial charge in [0.15, 0.2) is 5.13 Å². The maximum Gasteiger partial charge on any atom is 0.271 e. The Morgan fingerprint density at radius 2 is 2.00 bits per heavy atom. The van der Waals surface area contributed by atoms with Crippen LogP contribution in [-0.2, 0) is 9.59 Å². The average Bonchev–Trinajstić information content (AvgIpc) is 3.29. The zero-order chi connectivity index (χ0) is 21.6. The van der Waals surface area contributed by atoms with Crippen LogP contribution in [-0.4, -0.2) is 45.1 Å². The van der Waals surface area contributed by atoms with Gasteiger partial charge in [0.25, 0.3) is 5.91 Å². The van der Waals surface area contributed by atoms with Gasteiger partial charge in [0, 0.05) is 31.2 Å². The Hall–Kier alpha value is -2.75. The Morgan fingerprint density at radius 3 is 2.55 bits per heavy atom. The highest BCUT2D eigenvalue weighted by molar-refractivity contribution is 7.14. The van der Waals surface area contributed by atoms with E-state index in [0.717, 1.165) is 0 Å². The molecule has 2 rings (SSSR count). The minimum Gasteiger partial charge on any atom is -0.352 e. The Kier molecular flexibility index (Phi) is 7.49. The standard InChI is InChI=1S/C19H28N6O3S/c1-6-14(25-9-7-8-21-25)17(28)20-10-15(19(3,4)5)24-16(27)13-11-29-18(23-13)22-12(2)26/h7-9,11,14-15H,6,10H2,1-5H3,(H,20,28)(H,24,27)(H,22,23,26). The van der Waals surface area contributed by atoms with E-state index in [-0.39, 0.29) is 41.4 Å². The quantitative estimate of drug-likeness (QED) is 0.605. The second-order valence-corrected chi connectivity index (χ2v) is 8.62. The van der Waals surface area contributed by atoms with Gasteiger partial charge < -0.3 is 16.0 Å². The van der Waals surface area contributed by atoms with E-state index in [1.807, 2.05) is 27.7 Å². The number of carbonyl (C=O) groups is 3. The number of carbonyl (C=O) groups excluding carboxylic acids is 3. The van der Waals surface area contributed by atoms with Gasteiger partial charge in [0.1, 0.15) is 11.7 Å². The Labute approximate surface area is 174 Å². The number of nitrogens with zero attached hydrogens (tertiary/aromatic N) is 3. The van der Waals surface area contributed by atoms with E-state index in [2.05, 4.69) is 26.0 Å². The number of rotatable bonds is 8. The lowest BCUT2D eigenvalue weighted by Crippen LogP contribution is -2.51. The average molecular weight is 421 g/mol. The van der Waals surface area contributed by atoms with Crippen molar-refractivity contribution in [1.82, 2.24) is 25.4 Å². The molecule has 0 aliphatic carbocycles. The highest BCUT2D eigenvalue weighted by Gasteiger charge is 2.29. The van der Waals surface area contributed by atoms with E-state index >= 15 is 0 Å². The molecule has 0 spiro atoms. The molecule has 2 aromatic heterocycles. The van der Waals surface area contributed by atoms with Gasteiger partial charge in [-0.2, -0.15) is 5.10 Å². The number of aromatic nitrogens is 3. The summed E-state index contributed by atoms with van der Waals surface area (Å²) in [4.78, 5) is 40.5. The van der Waals surface area contributed by atoms with Crippen LogP contribution in [0, 0.1) is 5.41 Å². The third-order valence-electron chi connectivity index (χ3n) is 4.38. The first kappa shape index (κ1) is 22.5. The summed E-state index contributed by atoms with van der Waals surface area (Å²) >= 11 is 1.18. The van der Waals surface area contributed by atoms with Crippen molar-refractivity contribution in [3.63, 3.8) is 0 Å². The van der Waals surface area contributed by atoms with Crippen LogP contribution in [0.25, 0.3) is 0 Å². The van der Waals surface area contributed by atoms with Gasteiger partial charge >= 0.3 is 0 Å². The zero-order valence-electron chi connectivity index (χ0n) is 17.4. The molecule has 0 bridgehead atoms. The maximum absolute atomic E-state index is 12.6. The second kappa shape index (κ2) is 9.64. The van der Waals surface area contributed by atoms with Crippen LogP contribution < -0.4 is 16.0 Å². The molecule has 0 saturated heterocycles. The molecule has 10 heteroatoms. The Balaban J connectivity index is 2.02. The number of thiazole rings is 1. The number of hydrogen-bond acceptors (Lipinski definition) is 6. The Bertz CT molecular complexity index is 841. The molecule has 2 atom stereocenters. The van der Waals surface area contributed by atoms with E-state index < -0.39 is 6.04 Å². The van der Waals surface area contributed by atoms with Gasteiger partial charge in [0.05, 0.1) is 6.04 Å². The van der Waals surface area contributed by atoms with Gasteiger partial charge in [-0.25, -0.2) is 4.98 Å². The van der Waals surface area contributed by atoms with Crippen molar-refractivity contribution in [3.8, 4) is 0 Å². The summed E-state index contributed by atoms with van der Waals surface area (Å²) in [5, 5.41) is 14.5. The van der Waals surface area contributed by atoms with Crippen LogP contribution in [0.5, 0.6) is 0 Å². The molecule has 0 aliphatic heterocycles. The summed E-state index contributed by atoms with van der Waals surface area (Å²) < 4.78 is 1.62. The van der Waals surface area contributed by atoms with Crippen molar-refractivity contribution < 1.29 is 14.4 Å². The summed E-state index contributed by atoms with van der Waals surface area (Å²) in [6.45, 7) is 9.53. The monoisotopic (exact) mass is 420 g/mol. The van der Waals surface area contributed by atoms with Crippen molar-refractivity contribution >= 4 is 34.2 Å². The molecule has 29 heavy (non-hydrogen) atoms. The van der Waals surface area contributed by atoms with Crippen LogP contribution in [0.15, 0.2) is 23.8 Å². The molecule has 2 aromatic rings. The number of nitrogens with one attached hydrogen (secondary N) is 3. The molecule has 2 heterocycles. The molecule has 0 aliphatic rings. The summed E-state index contributed by atoms with van der Waals surface area (Å²) in [7, 11) is 0. The SMILES string of the molecule is CCC(C(=O)NCC(NC(=O)c1csc(NC(C)=O)n1)C(C)(C)C)n1cccn1. The highest BCUT2D eigenvalue weighted by atomic mass is 32.1. The summed E-state index contributed by atoms with van der Waals surface area (Å²) in [5.74, 6) is -0.753. The molecule has 3 amide bonds. The van der Waals surface area contributed by atoms with Crippen LogP contribution >= 0.6 is 11.3 Å². The fourth-order valence-corrected chi connectivity index (χ4v) is 3.41. The molecular formula is C19H28N6O3S. The van der Waals surface area contributed by atoms with Crippen LogP contribution in [0.1, 0.15) is 57.6 Å². The molecular weight excluding hydrogens is 392 g/mol. The summed E-state index contributed by atoms with van der Waals surface area (Å²) in [5.41, 5.74) is -0.0744. The molecule has 9 nitrogen and oxygen atoms in total. The number of anilines is 1. The minimum atomic E-state index is -0.403. The number of amides is 3. The third kappa shape index (κ3) is 6.38. The fraction of sp³-hybridized carbons (Fsp3) is 0.526. The highest BCUT2D eigenvalue weighted by Crippen LogP contribution is 2.21. The van der Waals surface area contributed by atoms with E-state index in [1.165, 1.54) is 18.3 Å². The zero-order valence-corrected chi connectivity index (χ0v) is 18.2. The van der Waals surface area contributed by atoms with Crippen LogP contribution in [0.4, 0.5) is 5.13 Å². The lowest BCUT2D eigenvalue weighted by atomic mass is 9.86. The lowest BCUT2D eigenvalue weighted by molar-refractivity contribution is -0.125. The van der Waals surface area contributed by atoms with Crippen molar-refractivity contribution in [2.45, 2.75) is 53.1 Å². The Morgan fingerprint density at radius 1 is 1.28 bits per heavy atom. The summed E-state index contributed by atoms with van der Waals surface area (Å²) in [6, 6.07) is 1.05. The molecule has 0 fully saturated rings. The second-order valence-electron chi connectivity index (χ2n) is 7.77. The molecule has 0 aromatic carbocycles. The normalized spacial score (nSPS) is 13.4.